The van der Waals surface area contributed by atoms with E-state index in [1.807, 2.05) is 13.0 Å². The molecule has 2 heterocycles. The summed E-state index contributed by atoms with van der Waals surface area (Å²) in [4.78, 5) is 27.2. The van der Waals surface area contributed by atoms with Crippen molar-refractivity contribution < 1.29 is 9.90 Å². The van der Waals surface area contributed by atoms with E-state index in [1.165, 1.54) is 22.0 Å². The number of hydrogen-bond donors (Lipinski definition) is 2. The van der Waals surface area contributed by atoms with Gasteiger partial charge in [-0.3, -0.25) is 9.69 Å². The highest BCUT2D eigenvalue weighted by molar-refractivity contribution is 5.88. The van der Waals surface area contributed by atoms with Crippen molar-refractivity contribution in [1.29, 1.82) is 0 Å². The molecule has 0 unspecified atom stereocenters. The smallest absolute Gasteiger partial charge is 0.307 e. The van der Waals surface area contributed by atoms with Gasteiger partial charge in [0.2, 0.25) is 0 Å². The molecule has 178 valence electrons. The van der Waals surface area contributed by atoms with Gasteiger partial charge in [0.1, 0.15) is 0 Å². The normalized spacial score (nSPS) is 21.5. The van der Waals surface area contributed by atoms with E-state index in [0.717, 1.165) is 45.4 Å². The fourth-order valence-electron chi connectivity index (χ4n) is 4.99. The standard InChI is InChI=1S/C18H20N2O2.C8H17N3/c1-2-6-20-10-12(18(21)22)7-14-13-4-3-5-15-17(13)11(9-19-15)8-16(14)20;1-4-9-8-10-6-5-7-11(2)3/h2-5,9,12,14,16,19H,1,6-8,10H2,(H,21,22);4-7H2,1-3H3/t12-,14-,16-;/m1./s1. The SMILES string of the molecule is C=CCN1C[C@H](C(=O)O)C[C@@H]2c3cccc4[nH]cc(c34)C[C@H]21.CCN=C=NCCCN(C)C. The minimum Gasteiger partial charge on any atom is -0.481 e. The van der Waals surface area contributed by atoms with Crippen LogP contribution in [0.3, 0.4) is 0 Å². The molecule has 4 rings (SSSR count). The van der Waals surface area contributed by atoms with E-state index in [-0.39, 0.29) is 5.92 Å². The molecule has 1 fully saturated rings. The first-order valence-corrected chi connectivity index (χ1v) is 11.9. The number of hydrogen-bond acceptors (Lipinski definition) is 5. The number of carboxylic acids is 1. The van der Waals surface area contributed by atoms with Gasteiger partial charge in [-0.15, -0.1) is 6.58 Å². The first kappa shape index (κ1) is 24.9. The van der Waals surface area contributed by atoms with Gasteiger partial charge >= 0.3 is 5.97 Å². The summed E-state index contributed by atoms with van der Waals surface area (Å²) in [5, 5.41) is 10.8. The zero-order chi connectivity index (χ0) is 23.8. The number of aliphatic carboxylic acids is 1. The fraction of sp³-hybridized carbons (Fsp3) is 0.538. The van der Waals surface area contributed by atoms with Gasteiger partial charge in [0.25, 0.3) is 0 Å². The second-order valence-electron chi connectivity index (χ2n) is 9.09. The Labute approximate surface area is 196 Å². The number of nitrogens with zero attached hydrogens (tertiary/aromatic N) is 4. The van der Waals surface area contributed by atoms with Crippen molar-refractivity contribution in [3.63, 3.8) is 0 Å². The number of aromatic nitrogens is 1. The zero-order valence-electron chi connectivity index (χ0n) is 20.1. The number of carbonyl (C=O) groups is 1. The van der Waals surface area contributed by atoms with Crippen molar-refractivity contribution in [1.82, 2.24) is 14.8 Å². The van der Waals surface area contributed by atoms with Crippen LogP contribution in [-0.2, 0) is 11.2 Å². The van der Waals surface area contributed by atoms with Gasteiger partial charge in [-0.05, 0) is 64.0 Å². The van der Waals surface area contributed by atoms with E-state index in [9.17, 15) is 9.90 Å². The molecule has 1 aliphatic heterocycles. The number of fused-ring (bicyclic) bond motifs is 2. The lowest BCUT2D eigenvalue weighted by molar-refractivity contribution is -0.144. The molecule has 0 radical (unpaired) electrons. The summed E-state index contributed by atoms with van der Waals surface area (Å²) in [5.74, 6) is -0.682. The Kier molecular flexibility index (Phi) is 9.01. The molecule has 3 atom stereocenters. The number of carboxylic acid groups (broad SMARTS) is 1. The Bertz CT molecular complexity index is 1010. The van der Waals surface area contributed by atoms with Crippen LogP contribution in [0.4, 0.5) is 0 Å². The van der Waals surface area contributed by atoms with Gasteiger partial charge in [0.05, 0.1) is 18.5 Å². The molecule has 2 aromatic rings. The maximum Gasteiger partial charge on any atom is 0.307 e. The van der Waals surface area contributed by atoms with E-state index in [4.69, 9.17) is 0 Å². The summed E-state index contributed by atoms with van der Waals surface area (Å²) in [6, 6.07) is 9.36. The first-order chi connectivity index (χ1) is 16.0. The van der Waals surface area contributed by atoms with Crippen LogP contribution in [0.1, 0.15) is 36.8 Å². The third kappa shape index (κ3) is 6.20. The maximum atomic E-state index is 11.6. The topological polar surface area (TPSA) is 84.3 Å². The van der Waals surface area contributed by atoms with Crippen LogP contribution in [-0.4, -0.2) is 84.7 Å². The Morgan fingerprint density at radius 2 is 2.21 bits per heavy atom. The minimum absolute atomic E-state index is 0.293. The predicted molar refractivity (Wildman–Crippen MR) is 134 cm³/mol. The van der Waals surface area contributed by atoms with Crippen LogP contribution in [0.15, 0.2) is 47.0 Å². The molecule has 0 bridgehead atoms. The number of piperidine rings is 1. The van der Waals surface area contributed by atoms with Gasteiger partial charge in [-0.1, -0.05) is 18.2 Å². The molecule has 7 heteroatoms. The average molecular weight is 452 g/mol. The van der Waals surface area contributed by atoms with Gasteiger partial charge < -0.3 is 15.0 Å². The molecule has 0 spiro atoms. The summed E-state index contributed by atoms with van der Waals surface area (Å²) in [6.45, 7) is 9.88. The molecule has 0 saturated carbocycles. The van der Waals surface area contributed by atoms with Gasteiger partial charge in [-0.25, -0.2) is 9.98 Å². The Hall–Kier alpha value is -2.73. The maximum absolute atomic E-state index is 11.6. The molecule has 7 nitrogen and oxygen atoms in total. The van der Waals surface area contributed by atoms with Crippen LogP contribution in [0.25, 0.3) is 10.9 Å². The number of H-pyrrole nitrogens is 1. The van der Waals surface area contributed by atoms with E-state index >= 15 is 0 Å². The lowest BCUT2D eigenvalue weighted by Gasteiger charge is -2.45. The monoisotopic (exact) mass is 451 g/mol. The summed E-state index contributed by atoms with van der Waals surface area (Å²) in [5.41, 5.74) is 3.83. The third-order valence-electron chi connectivity index (χ3n) is 6.46. The average Bonchev–Trinajstić information content (AvgIpc) is 3.21. The number of nitrogens with one attached hydrogen (secondary N) is 1. The molecule has 1 aromatic carbocycles. The lowest BCUT2D eigenvalue weighted by Crippen LogP contribution is -2.51. The number of likely N-dealkylation sites (tertiary alicyclic amines) is 1. The summed E-state index contributed by atoms with van der Waals surface area (Å²) in [6.07, 6.45) is 6.80. The Morgan fingerprint density at radius 3 is 2.91 bits per heavy atom. The summed E-state index contributed by atoms with van der Waals surface area (Å²) in [7, 11) is 4.12. The van der Waals surface area contributed by atoms with Crippen LogP contribution in [0.5, 0.6) is 0 Å². The zero-order valence-corrected chi connectivity index (χ0v) is 20.1. The number of aliphatic imine (C=N–C) groups is 2. The first-order valence-electron chi connectivity index (χ1n) is 11.9. The molecular formula is C26H37N5O2. The highest BCUT2D eigenvalue weighted by Crippen LogP contribution is 2.44. The third-order valence-corrected chi connectivity index (χ3v) is 6.46. The van der Waals surface area contributed by atoms with Crippen molar-refractivity contribution in [2.75, 3.05) is 46.8 Å². The van der Waals surface area contributed by atoms with Crippen molar-refractivity contribution >= 4 is 22.9 Å². The predicted octanol–water partition coefficient (Wildman–Crippen LogP) is 3.90. The van der Waals surface area contributed by atoms with Gasteiger partial charge in [-0.2, -0.15) is 0 Å². The van der Waals surface area contributed by atoms with Crippen molar-refractivity contribution in [2.45, 2.75) is 38.1 Å². The largest absolute Gasteiger partial charge is 0.481 e. The van der Waals surface area contributed by atoms with Crippen LogP contribution in [0.2, 0.25) is 0 Å². The Morgan fingerprint density at radius 1 is 1.39 bits per heavy atom. The van der Waals surface area contributed by atoms with Gasteiger partial charge in [0.15, 0.2) is 0 Å². The molecule has 2 N–H and O–H groups in total. The number of benzene rings is 1. The second-order valence-corrected chi connectivity index (χ2v) is 9.09. The summed E-state index contributed by atoms with van der Waals surface area (Å²) < 4.78 is 0. The minimum atomic E-state index is -0.681. The highest BCUT2D eigenvalue weighted by Gasteiger charge is 2.42. The summed E-state index contributed by atoms with van der Waals surface area (Å²) >= 11 is 0. The van der Waals surface area contributed by atoms with Crippen molar-refractivity contribution in [3.05, 3.63) is 48.2 Å². The quantitative estimate of drug-likeness (QED) is 0.362. The van der Waals surface area contributed by atoms with Crippen LogP contribution >= 0.6 is 0 Å². The van der Waals surface area contributed by atoms with Crippen molar-refractivity contribution in [2.24, 2.45) is 15.9 Å². The molecule has 0 amide bonds. The van der Waals surface area contributed by atoms with Gasteiger partial charge in [0, 0.05) is 48.7 Å². The van der Waals surface area contributed by atoms with E-state index in [2.05, 4.69) is 75.8 Å². The molecule has 1 saturated heterocycles. The van der Waals surface area contributed by atoms with E-state index in [1.54, 1.807) is 0 Å². The number of rotatable bonds is 8. The molecule has 33 heavy (non-hydrogen) atoms. The van der Waals surface area contributed by atoms with E-state index in [0.29, 0.717) is 18.5 Å². The lowest BCUT2D eigenvalue weighted by atomic mass is 9.72. The fourth-order valence-corrected chi connectivity index (χ4v) is 4.99. The van der Waals surface area contributed by atoms with Crippen molar-refractivity contribution in [3.8, 4) is 0 Å². The number of aromatic amines is 1. The Balaban J connectivity index is 0.000000239. The molecule has 2 aliphatic rings. The van der Waals surface area contributed by atoms with Crippen LogP contribution < -0.4 is 0 Å². The van der Waals surface area contributed by atoms with Crippen LogP contribution in [0, 0.1) is 5.92 Å². The molecule has 1 aromatic heterocycles. The second kappa shape index (κ2) is 11.9. The van der Waals surface area contributed by atoms with E-state index < -0.39 is 5.97 Å². The molecule has 1 aliphatic carbocycles. The highest BCUT2D eigenvalue weighted by atomic mass is 16.4. The molecular weight excluding hydrogens is 414 g/mol.